The van der Waals surface area contributed by atoms with Crippen molar-refractivity contribution in [2.24, 2.45) is 0 Å². The molecule has 1 aromatic rings. The minimum Gasteiger partial charge on any atom is -0.477 e. The third kappa shape index (κ3) is 2.66. The van der Waals surface area contributed by atoms with E-state index in [1.807, 2.05) is 13.8 Å². The third-order valence-corrected chi connectivity index (χ3v) is 5.68. The van der Waals surface area contributed by atoms with Crippen molar-refractivity contribution in [2.45, 2.75) is 45.1 Å². The Kier molecular flexibility index (Phi) is 4.42. The zero-order chi connectivity index (χ0) is 15.0. The average molecular weight is 288 g/mol. The molecular formula is C12H20N2O4S. The summed E-state index contributed by atoms with van der Waals surface area (Å²) in [6.45, 7) is 6.78. The summed E-state index contributed by atoms with van der Waals surface area (Å²) >= 11 is 0. The second-order valence-electron chi connectivity index (χ2n) is 4.66. The summed E-state index contributed by atoms with van der Waals surface area (Å²) in [6.07, 6.45) is 0.685. The zero-order valence-corrected chi connectivity index (χ0v) is 12.6. The topological polar surface area (TPSA) is 90.5 Å². The van der Waals surface area contributed by atoms with E-state index in [-0.39, 0.29) is 22.2 Å². The van der Waals surface area contributed by atoms with Gasteiger partial charge in [-0.3, -0.25) is 0 Å². The van der Waals surface area contributed by atoms with E-state index in [1.54, 1.807) is 6.92 Å². The van der Waals surface area contributed by atoms with Crippen LogP contribution in [0.5, 0.6) is 0 Å². The number of aryl methyl sites for hydroxylation is 1. The Labute approximate surface area is 113 Å². The van der Waals surface area contributed by atoms with Gasteiger partial charge >= 0.3 is 5.97 Å². The van der Waals surface area contributed by atoms with E-state index in [2.05, 4.69) is 4.98 Å². The molecule has 0 saturated carbocycles. The Bertz CT molecular complexity index is 589. The molecule has 2 N–H and O–H groups in total. The molecule has 0 fully saturated rings. The number of H-pyrrole nitrogens is 1. The predicted octanol–water partition coefficient (Wildman–Crippen LogP) is 1.75. The molecule has 0 saturated heterocycles. The number of sulfonamides is 1. The predicted molar refractivity (Wildman–Crippen MR) is 71.9 cm³/mol. The van der Waals surface area contributed by atoms with Gasteiger partial charge in [0.2, 0.25) is 10.0 Å². The molecule has 1 aromatic heterocycles. The molecule has 0 aliphatic heterocycles. The van der Waals surface area contributed by atoms with Crippen molar-refractivity contribution in [3.63, 3.8) is 0 Å². The van der Waals surface area contributed by atoms with E-state index in [0.29, 0.717) is 12.1 Å². The Morgan fingerprint density at radius 2 is 1.95 bits per heavy atom. The van der Waals surface area contributed by atoms with Gasteiger partial charge in [0, 0.05) is 24.3 Å². The molecule has 7 heteroatoms. The van der Waals surface area contributed by atoms with Crippen molar-refractivity contribution in [3.05, 3.63) is 17.0 Å². The number of hydrogen-bond donors (Lipinski definition) is 2. The van der Waals surface area contributed by atoms with Crippen LogP contribution in [0.15, 0.2) is 4.90 Å². The van der Waals surface area contributed by atoms with Crippen molar-refractivity contribution in [2.75, 3.05) is 7.05 Å². The molecular weight excluding hydrogens is 268 g/mol. The molecule has 1 atom stereocenters. The molecule has 1 unspecified atom stereocenters. The second-order valence-corrected chi connectivity index (χ2v) is 6.60. The molecule has 0 amide bonds. The molecule has 0 bridgehead atoms. The molecule has 1 rings (SSSR count). The average Bonchev–Trinajstić information content (AvgIpc) is 2.63. The van der Waals surface area contributed by atoms with Gasteiger partial charge in [-0.15, -0.1) is 0 Å². The molecule has 1 heterocycles. The summed E-state index contributed by atoms with van der Waals surface area (Å²) in [6, 6.07) is -0.146. The van der Waals surface area contributed by atoms with Crippen molar-refractivity contribution in [3.8, 4) is 0 Å². The number of nitrogens with zero attached hydrogens (tertiary/aromatic N) is 1. The van der Waals surface area contributed by atoms with E-state index in [4.69, 9.17) is 5.11 Å². The molecule has 0 aliphatic carbocycles. The Morgan fingerprint density at radius 1 is 1.42 bits per heavy atom. The Balaban J connectivity index is 3.42. The monoisotopic (exact) mass is 288 g/mol. The van der Waals surface area contributed by atoms with Gasteiger partial charge in [0.25, 0.3) is 0 Å². The molecule has 0 spiro atoms. The van der Waals surface area contributed by atoms with Gasteiger partial charge in [0.1, 0.15) is 10.6 Å². The maximum absolute atomic E-state index is 12.5. The fourth-order valence-corrected chi connectivity index (χ4v) is 3.81. The highest BCUT2D eigenvalue weighted by atomic mass is 32.2. The van der Waals surface area contributed by atoms with Crippen LogP contribution in [0.1, 0.15) is 42.0 Å². The molecule has 0 aliphatic rings. The molecule has 0 aromatic carbocycles. The van der Waals surface area contributed by atoms with E-state index >= 15 is 0 Å². The maximum atomic E-state index is 12.5. The Morgan fingerprint density at radius 3 is 2.32 bits per heavy atom. The lowest BCUT2D eigenvalue weighted by Crippen LogP contribution is -2.35. The second kappa shape index (κ2) is 5.34. The maximum Gasteiger partial charge on any atom is 0.352 e. The van der Waals surface area contributed by atoms with Crippen LogP contribution in [0, 0.1) is 13.8 Å². The first-order valence-electron chi connectivity index (χ1n) is 6.05. The summed E-state index contributed by atoms with van der Waals surface area (Å²) in [5, 5.41) is 9.02. The van der Waals surface area contributed by atoms with Gasteiger partial charge in [-0.05, 0) is 27.2 Å². The first kappa shape index (κ1) is 15.7. The van der Waals surface area contributed by atoms with E-state index in [9.17, 15) is 13.2 Å². The molecule has 6 nitrogen and oxygen atoms in total. The van der Waals surface area contributed by atoms with Crippen LogP contribution in [0.3, 0.4) is 0 Å². The highest BCUT2D eigenvalue weighted by Crippen LogP contribution is 2.27. The number of carboxylic acid groups (broad SMARTS) is 1. The highest BCUT2D eigenvalue weighted by Gasteiger charge is 2.31. The van der Waals surface area contributed by atoms with Crippen LogP contribution >= 0.6 is 0 Å². The lowest BCUT2D eigenvalue weighted by molar-refractivity contribution is 0.0690. The summed E-state index contributed by atoms with van der Waals surface area (Å²) in [5.41, 5.74) is 0.527. The lowest BCUT2D eigenvalue weighted by Gasteiger charge is -2.23. The van der Waals surface area contributed by atoms with Gasteiger partial charge in [-0.2, -0.15) is 4.31 Å². The van der Waals surface area contributed by atoms with Gasteiger partial charge in [-0.1, -0.05) is 6.92 Å². The quantitative estimate of drug-likeness (QED) is 0.863. The smallest absolute Gasteiger partial charge is 0.352 e. The highest BCUT2D eigenvalue weighted by molar-refractivity contribution is 7.89. The standard InChI is InChI=1S/C12H20N2O4S/c1-6-7(2)14(5)19(17,18)11-8(3)10(12(15)16)13-9(11)4/h7,13H,6H2,1-5H3,(H,15,16). The molecule has 0 radical (unpaired) electrons. The van der Waals surface area contributed by atoms with Gasteiger partial charge in [-0.25, -0.2) is 13.2 Å². The van der Waals surface area contributed by atoms with Crippen molar-refractivity contribution >= 4 is 16.0 Å². The van der Waals surface area contributed by atoms with Gasteiger partial charge in [0.15, 0.2) is 0 Å². The summed E-state index contributed by atoms with van der Waals surface area (Å²) in [7, 11) is -2.18. The third-order valence-electron chi connectivity index (χ3n) is 3.43. The van der Waals surface area contributed by atoms with E-state index in [1.165, 1.54) is 18.3 Å². The van der Waals surface area contributed by atoms with E-state index in [0.717, 1.165) is 0 Å². The lowest BCUT2D eigenvalue weighted by atomic mass is 10.2. The first-order chi connectivity index (χ1) is 8.64. The Hall–Kier alpha value is -1.34. The van der Waals surface area contributed by atoms with Crippen LogP contribution in [0.25, 0.3) is 0 Å². The van der Waals surface area contributed by atoms with Crippen LogP contribution < -0.4 is 0 Å². The van der Waals surface area contributed by atoms with E-state index < -0.39 is 16.0 Å². The largest absolute Gasteiger partial charge is 0.477 e. The minimum absolute atomic E-state index is 0.0627. The number of aromatic nitrogens is 1. The van der Waals surface area contributed by atoms with Crippen LogP contribution in [-0.2, 0) is 10.0 Å². The number of carboxylic acids is 1. The van der Waals surface area contributed by atoms with Crippen molar-refractivity contribution in [1.29, 1.82) is 0 Å². The van der Waals surface area contributed by atoms with Crippen LogP contribution in [0.4, 0.5) is 0 Å². The number of carbonyl (C=O) groups is 1. The summed E-state index contributed by atoms with van der Waals surface area (Å²) in [4.78, 5) is 13.7. The number of rotatable bonds is 5. The van der Waals surface area contributed by atoms with Crippen molar-refractivity contribution < 1.29 is 18.3 Å². The number of aromatic amines is 1. The van der Waals surface area contributed by atoms with Gasteiger partial charge in [0.05, 0.1) is 0 Å². The summed E-state index contributed by atoms with van der Waals surface area (Å²) in [5.74, 6) is -1.16. The van der Waals surface area contributed by atoms with Crippen molar-refractivity contribution in [1.82, 2.24) is 9.29 Å². The molecule has 19 heavy (non-hydrogen) atoms. The van der Waals surface area contributed by atoms with Crippen LogP contribution in [0.2, 0.25) is 0 Å². The van der Waals surface area contributed by atoms with Gasteiger partial charge < -0.3 is 10.1 Å². The number of nitrogens with one attached hydrogen (secondary N) is 1. The summed E-state index contributed by atoms with van der Waals surface area (Å²) < 4.78 is 26.3. The number of aromatic carboxylic acids is 1. The normalized spacial score (nSPS) is 13.8. The van der Waals surface area contributed by atoms with Crippen LogP contribution in [-0.4, -0.2) is 41.9 Å². The zero-order valence-electron chi connectivity index (χ0n) is 11.8. The molecule has 108 valence electrons. The fraction of sp³-hybridized carbons (Fsp3) is 0.583. The minimum atomic E-state index is -3.69. The first-order valence-corrected chi connectivity index (χ1v) is 7.49. The fourth-order valence-electron chi connectivity index (χ4n) is 1.97. The SMILES string of the molecule is CCC(C)N(C)S(=O)(=O)c1c(C)[nH]c(C(=O)O)c1C. The number of hydrogen-bond acceptors (Lipinski definition) is 3.